The molecule has 3 aliphatic rings. The van der Waals surface area contributed by atoms with Crippen molar-refractivity contribution >= 4 is 15.9 Å². The van der Waals surface area contributed by atoms with Crippen molar-refractivity contribution < 1.29 is 13.2 Å². The predicted octanol–water partition coefficient (Wildman–Crippen LogP) is 0.290. The van der Waals surface area contributed by atoms with Crippen molar-refractivity contribution in [3.05, 3.63) is 0 Å². The van der Waals surface area contributed by atoms with E-state index in [1.807, 2.05) is 4.90 Å². The summed E-state index contributed by atoms with van der Waals surface area (Å²) in [5.74, 6) is 1.29. The second-order valence-corrected chi connectivity index (χ2v) is 9.14. The van der Waals surface area contributed by atoms with Crippen molar-refractivity contribution in [2.24, 2.45) is 23.5 Å². The van der Waals surface area contributed by atoms with Gasteiger partial charge in [-0.25, -0.2) is 13.1 Å². The van der Waals surface area contributed by atoms with Crippen molar-refractivity contribution in [3.63, 3.8) is 0 Å². The van der Waals surface area contributed by atoms with Gasteiger partial charge in [-0.3, -0.25) is 4.79 Å². The van der Waals surface area contributed by atoms with Gasteiger partial charge in [0.1, 0.15) is 0 Å². The molecule has 0 aromatic heterocycles. The number of carbonyl (C=O) groups is 1. The lowest BCUT2D eigenvalue weighted by atomic mass is 9.65. The molecule has 3 fully saturated rings. The van der Waals surface area contributed by atoms with Gasteiger partial charge >= 0.3 is 0 Å². The molecule has 1 heterocycles. The van der Waals surface area contributed by atoms with Gasteiger partial charge in [-0.1, -0.05) is 6.42 Å². The maximum Gasteiger partial charge on any atom is 0.225 e. The summed E-state index contributed by atoms with van der Waals surface area (Å²) in [5, 5.41) is 0. The number of amides is 1. The molecule has 0 radical (unpaired) electrons. The maximum absolute atomic E-state index is 12.8. The summed E-state index contributed by atoms with van der Waals surface area (Å²) >= 11 is 0. The topological polar surface area (TPSA) is 92.5 Å². The number of carbonyl (C=O) groups excluding carboxylic acids is 1. The van der Waals surface area contributed by atoms with Gasteiger partial charge in [-0.05, 0) is 43.9 Å². The van der Waals surface area contributed by atoms with E-state index in [-0.39, 0.29) is 23.9 Å². The smallest absolute Gasteiger partial charge is 0.225 e. The van der Waals surface area contributed by atoms with Gasteiger partial charge in [-0.15, -0.1) is 0 Å². The first-order valence-corrected chi connectivity index (χ1v) is 10.2. The van der Waals surface area contributed by atoms with Crippen LogP contribution in [0.4, 0.5) is 0 Å². The van der Waals surface area contributed by atoms with Crippen LogP contribution >= 0.6 is 0 Å². The first-order chi connectivity index (χ1) is 10.3. The maximum atomic E-state index is 12.8. The standard InChI is InChI=1S/C15H27N3O3S/c1-22(20,21)17-13-5-6-18(9-13)15(19)12-7-10-3-2-4-11(8-12)14(10)16/h10-14,17H,2-9,16H2,1H3. The van der Waals surface area contributed by atoms with Gasteiger partial charge in [0.15, 0.2) is 0 Å². The highest BCUT2D eigenvalue weighted by molar-refractivity contribution is 7.88. The third-order valence-electron chi connectivity index (χ3n) is 5.64. The van der Waals surface area contributed by atoms with Crippen molar-refractivity contribution in [3.8, 4) is 0 Å². The van der Waals surface area contributed by atoms with E-state index < -0.39 is 10.0 Å². The van der Waals surface area contributed by atoms with Crippen LogP contribution in [0.15, 0.2) is 0 Å². The van der Waals surface area contributed by atoms with Gasteiger partial charge in [0.2, 0.25) is 15.9 Å². The molecular weight excluding hydrogens is 302 g/mol. The molecule has 3 atom stereocenters. The Morgan fingerprint density at radius 2 is 1.82 bits per heavy atom. The molecule has 0 aromatic carbocycles. The molecule has 3 rings (SSSR count). The zero-order valence-corrected chi connectivity index (χ0v) is 14.0. The molecule has 6 nitrogen and oxygen atoms in total. The Labute approximate surface area is 132 Å². The van der Waals surface area contributed by atoms with E-state index in [2.05, 4.69) is 4.72 Å². The number of nitrogens with zero attached hydrogens (tertiary/aromatic N) is 1. The van der Waals surface area contributed by atoms with Crippen LogP contribution < -0.4 is 10.5 Å². The molecule has 7 heteroatoms. The molecule has 0 spiro atoms. The van der Waals surface area contributed by atoms with Crippen molar-refractivity contribution in [1.29, 1.82) is 0 Å². The second-order valence-electron chi connectivity index (χ2n) is 7.36. The predicted molar refractivity (Wildman–Crippen MR) is 84.5 cm³/mol. The first kappa shape index (κ1) is 16.2. The number of nitrogens with two attached hydrogens (primary N) is 1. The van der Waals surface area contributed by atoms with E-state index in [1.165, 1.54) is 12.7 Å². The fourth-order valence-corrected chi connectivity index (χ4v) is 5.41. The van der Waals surface area contributed by atoms with Crippen LogP contribution in [0.5, 0.6) is 0 Å². The lowest BCUT2D eigenvalue weighted by Crippen LogP contribution is -2.49. The average molecular weight is 329 g/mol. The summed E-state index contributed by atoms with van der Waals surface area (Å²) in [6.07, 6.45) is 7.25. The highest BCUT2D eigenvalue weighted by atomic mass is 32.2. The Kier molecular flexibility index (Phi) is 4.49. The normalized spacial score (nSPS) is 39.0. The van der Waals surface area contributed by atoms with E-state index in [0.29, 0.717) is 31.3 Å². The number of hydrogen-bond donors (Lipinski definition) is 2. The molecule has 2 saturated carbocycles. The summed E-state index contributed by atoms with van der Waals surface area (Å²) in [6.45, 7) is 1.16. The molecule has 1 aliphatic heterocycles. The van der Waals surface area contributed by atoms with Crippen LogP contribution in [0.2, 0.25) is 0 Å². The van der Waals surface area contributed by atoms with Gasteiger partial charge in [0, 0.05) is 31.1 Å². The lowest BCUT2D eigenvalue weighted by Gasteiger charge is -2.44. The molecule has 2 aliphatic carbocycles. The third-order valence-corrected chi connectivity index (χ3v) is 6.40. The summed E-state index contributed by atoms with van der Waals surface area (Å²) in [6, 6.07) is 0.139. The van der Waals surface area contributed by atoms with Gasteiger partial charge < -0.3 is 10.6 Å². The largest absolute Gasteiger partial charge is 0.341 e. The van der Waals surface area contributed by atoms with Crippen molar-refractivity contribution in [2.45, 2.75) is 50.6 Å². The van der Waals surface area contributed by atoms with Crippen LogP contribution in [0, 0.1) is 17.8 Å². The molecule has 1 amide bonds. The number of hydrogen-bond acceptors (Lipinski definition) is 4. The highest BCUT2D eigenvalue weighted by Gasteiger charge is 2.42. The van der Waals surface area contributed by atoms with Gasteiger partial charge in [0.05, 0.1) is 6.26 Å². The minimum Gasteiger partial charge on any atom is -0.341 e. The van der Waals surface area contributed by atoms with E-state index in [4.69, 9.17) is 5.73 Å². The van der Waals surface area contributed by atoms with Crippen LogP contribution in [-0.2, 0) is 14.8 Å². The molecule has 0 aromatic rings. The zero-order valence-electron chi connectivity index (χ0n) is 13.2. The molecule has 22 heavy (non-hydrogen) atoms. The van der Waals surface area contributed by atoms with Crippen LogP contribution in [0.3, 0.4) is 0 Å². The first-order valence-electron chi connectivity index (χ1n) is 8.35. The van der Waals surface area contributed by atoms with Crippen LogP contribution in [-0.4, -0.2) is 50.7 Å². The summed E-state index contributed by atoms with van der Waals surface area (Å²) in [5.41, 5.74) is 6.29. The monoisotopic (exact) mass is 329 g/mol. The number of rotatable bonds is 3. The number of sulfonamides is 1. The second kappa shape index (κ2) is 6.09. The summed E-state index contributed by atoms with van der Waals surface area (Å²) in [7, 11) is -3.21. The van der Waals surface area contributed by atoms with Gasteiger partial charge in [0.25, 0.3) is 0 Å². The summed E-state index contributed by atoms with van der Waals surface area (Å²) < 4.78 is 25.2. The number of likely N-dealkylation sites (tertiary alicyclic amines) is 1. The molecule has 3 N–H and O–H groups in total. The zero-order chi connectivity index (χ0) is 15.9. The lowest BCUT2D eigenvalue weighted by molar-refractivity contribution is -0.137. The number of fused-ring (bicyclic) bond motifs is 2. The van der Waals surface area contributed by atoms with E-state index in [9.17, 15) is 13.2 Å². The average Bonchev–Trinajstić information content (AvgIpc) is 2.83. The molecular formula is C15H27N3O3S. The number of nitrogens with one attached hydrogen (secondary N) is 1. The minimum absolute atomic E-state index is 0.0899. The van der Waals surface area contributed by atoms with Crippen LogP contribution in [0.1, 0.15) is 38.5 Å². The molecule has 2 bridgehead atoms. The Bertz CT molecular complexity index is 522. The Hall–Kier alpha value is -0.660. The Morgan fingerprint density at radius 1 is 1.18 bits per heavy atom. The van der Waals surface area contributed by atoms with E-state index in [0.717, 1.165) is 25.7 Å². The minimum atomic E-state index is -3.21. The molecule has 1 saturated heterocycles. The van der Waals surface area contributed by atoms with Crippen molar-refractivity contribution in [2.75, 3.05) is 19.3 Å². The van der Waals surface area contributed by atoms with E-state index in [1.54, 1.807) is 0 Å². The van der Waals surface area contributed by atoms with Gasteiger partial charge in [-0.2, -0.15) is 0 Å². The van der Waals surface area contributed by atoms with Crippen LogP contribution in [0.25, 0.3) is 0 Å². The third kappa shape index (κ3) is 3.46. The van der Waals surface area contributed by atoms with E-state index >= 15 is 0 Å². The fraction of sp³-hybridized carbons (Fsp3) is 0.933. The Balaban J connectivity index is 1.58. The Morgan fingerprint density at radius 3 is 2.41 bits per heavy atom. The molecule has 3 unspecified atom stereocenters. The fourth-order valence-electron chi connectivity index (χ4n) is 4.61. The molecule has 126 valence electrons. The summed E-state index contributed by atoms with van der Waals surface area (Å²) in [4.78, 5) is 14.6. The highest BCUT2D eigenvalue weighted by Crippen LogP contribution is 2.42. The quantitative estimate of drug-likeness (QED) is 0.778. The van der Waals surface area contributed by atoms with Crippen molar-refractivity contribution in [1.82, 2.24) is 9.62 Å². The SMILES string of the molecule is CS(=O)(=O)NC1CCN(C(=O)C2CC3CCCC(C2)C3N)C1.